The summed E-state index contributed by atoms with van der Waals surface area (Å²) in [5.74, 6) is 0. The highest BCUT2D eigenvalue weighted by Crippen LogP contribution is 2.21. The van der Waals surface area contributed by atoms with E-state index in [0.29, 0.717) is 6.04 Å². The Hall–Kier alpha value is -0.880. The number of fused-ring (bicyclic) bond motifs is 1. The Kier molecular flexibility index (Phi) is 6.65. The fourth-order valence-electron chi connectivity index (χ4n) is 3.36. The molecule has 0 bridgehead atoms. The molecule has 1 aliphatic heterocycles. The van der Waals surface area contributed by atoms with Gasteiger partial charge >= 0.3 is 4.87 Å². The van der Waals surface area contributed by atoms with Crippen LogP contribution in [0.25, 0.3) is 10.2 Å². The van der Waals surface area contributed by atoms with Crippen molar-refractivity contribution in [3.63, 3.8) is 0 Å². The molecule has 0 atom stereocenters. The number of thiazole rings is 1. The van der Waals surface area contributed by atoms with Gasteiger partial charge in [0.25, 0.3) is 0 Å². The maximum absolute atomic E-state index is 11.8. The van der Waals surface area contributed by atoms with Gasteiger partial charge in [-0.05, 0) is 56.6 Å². The van der Waals surface area contributed by atoms with Crippen LogP contribution in [-0.2, 0) is 13.6 Å². The lowest BCUT2D eigenvalue weighted by atomic mass is 10.0. The first-order valence-electron chi connectivity index (χ1n) is 8.22. The lowest BCUT2D eigenvalue weighted by Crippen LogP contribution is -2.43. The molecular formula is C17H26ClN3OS. The molecule has 128 valence electrons. The van der Waals surface area contributed by atoms with E-state index in [-0.39, 0.29) is 17.3 Å². The summed E-state index contributed by atoms with van der Waals surface area (Å²) in [6, 6.07) is 7.16. The number of nitrogens with one attached hydrogen (secondary N) is 1. The van der Waals surface area contributed by atoms with Crippen molar-refractivity contribution >= 4 is 34.0 Å². The first kappa shape index (κ1) is 18.5. The molecule has 2 heterocycles. The van der Waals surface area contributed by atoms with Crippen LogP contribution in [0.2, 0.25) is 0 Å². The molecule has 1 aromatic heterocycles. The third-order valence-electron chi connectivity index (χ3n) is 4.58. The molecule has 0 amide bonds. The average Bonchev–Trinajstić information content (AvgIpc) is 2.82. The molecule has 23 heavy (non-hydrogen) atoms. The van der Waals surface area contributed by atoms with E-state index < -0.39 is 0 Å². The Balaban J connectivity index is 0.00000192. The van der Waals surface area contributed by atoms with Gasteiger partial charge in [-0.2, -0.15) is 0 Å². The monoisotopic (exact) mass is 355 g/mol. The van der Waals surface area contributed by atoms with E-state index in [0.717, 1.165) is 36.4 Å². The molecule has 6 heteroatoms. The molecular weight excluding hydrogens is 330 g/mol. The minimum Gasteiger partial charge on any atom is -0.317 e. The van der Waals surface area contributed by atoms with Gasteiger partial charge in [0.15, 0.2) is 0 Å². The normalized spacial score (nSPS) is 16.0. The van der Waals surface area contributed by atoms with E-state index in [1.807, 2.05) is 7.05 Å². The SMILES string of the molecule is CCCN(Cc1ccc2c(c1)sc(=O)n2C)C1CCNCC1.Cl. The Labute approximate surface area is 147 Å². The Morgan fingerprint density at radius 3 is 2.78 bits per heavy atom. The van der Waals surface area contributed by atoms with Crippen molar-refractivity contribution in [2.45, 2.75) is 38.8 Å². The zero-order valence-corrected chi connectivity index (χ0v) is 15.5. The van der Waals surface area contributed by atoms with Crippen molar-refractivity contribution in [1.82, 2.24) is 14.8 Å². The van der Waals surface area contributed by atoms with Gasteiger partial charge in [0.1, 0.15) is 0 Å². The summed E-state index contributed by atoms with van der Waals surface area (Å²) in [6.45, 7) is 6.65. The number of halogens is 1. The van der Waals surface area contributed by atoms with Crippen LogP contribution in [-0.4, -0.2) is 35.1 Å². The summed E-state index contributed by atoms with van der Waals surface area (Å²) in [5.41, 5.74) is 2.36. The van der Waals surface area contributed by atoms with Crippen molar-refractivity contribution in [2.75, 3.05) is 19.6 Å². The topological polar surface area (TPSA) is 37.3 Å². The summed E-state index contributed by atoms with van der Waals surface area (Å²) in [4.78, 5) is 14.5. The Morgan fingerprint density at radius 2 is 2.09 bits per heavy atom. The average molecular weight is 356 g/mol. The second-order valence-corrected chi connectivity index (χ2v) is 7.17. The lowest BCUT2D eigenvalue weighted by molar-refractivity contribution is 0.154. The second-order valence-electron chi connectivity index (χ2n) is 6.18. The highest BCUT2D eigenvalue weighted by atomic mass is 35.5. The molecule has 1 saturated heterocycles. The van der Waals surface area contributed by atoms with Gasteiger partial charge < -0.3 is 9.88 Å². The van der Waals surface area contributed by atoms with E-state index >= 15 is 0 Å². The first-order chi connectivity index (χ1) is 10.7. The van der Waals surface area contributed by atoms with Gasteiger partial charge in [-0.25, -0.2) is 0 Å². The summed E-state index contributed by atoms with van der Waals surface area (Å²) in [6.07, 6.45) is 3.66. The van der Waals surface area contributed by atoms with Crippen LogP contribution in [0, 0.1) is 0 Å². The van der Waals surface area contributed by atoms with E-state index in [1.54, 1.807) is 4.57 Å². The largest absolute Gasteiger partial charge is 0.317 e. The highest BCUT2D eigenvalue weighted by Gasteiger charge is 2.20. The fraction of sp³-hybridized carbons (Fsp3) is 0.588. The van der Waals surface area contributed by atoms with Gasteiger partial charge in [0.05, 0.1) is 10.2 Å². The van der Waals surface area contributed by atoms with Gasteiger partial charge in [0.2, 0.25) is 0 Å². The zero-order valence-electron chi connectivity index (χ0n) is 13.9. The first-order valence-corrected chi connectivity index (χ1v) is 9.04. The van der Waals surface area contributed by atoms with E-state index in [2.05, 4.69) is 35.3 Å². The van der Waals surface area contributed by atoms with Crippen molar-refractivity contribution < 1.29 is 0 Å². The van der Waals surface area contributed by atoms with Crippen LogP contribution >= 0.6 is 23.7 Å². The molecule has 1 aliphatic rings. The number of aryl methyl sites for hydroxylation is 1. The van der Waals surface area contributed by atoms with Gasteiger partial charge in [0, 0.05) is 19.6 Å². The predicted molar refractivity (Wildman–Crippen MR) is 101 cm³/mol. The molecule has 1 N–H and O–H groups in total. The molecule has 0 radical (unpaired) electrons. The van der Waals surface area contributed by atoms with Crippen LogP contribution in [0.3, 0.4) is 0 Å². The number of hydrogen-bond donors (Lipinski definition) is 1. The molecule has 1 aromatic carbocycles. The molecule has 2 aromatic rings. The van der Waals surface area contributed by atoms with Crippen molar-refractivity contribution in [2.24, 2.45) is 7.05 Å². The van der Waals surface area contributed by atoms with E-state index in [4.69, 9.17) is 0 Å². The zero-order chi connectivity index (χ0) is 15.5. The number of rotatable bonds is 5. The van der Waals surface area contributed by atoms with Crippen molar-refractivity contribution in [3.8, 4) is 0 Å². The highest BCUT2D eigenvalue weighted by molar-refractivity contribution is 7.16. The number of aromatic nitrogens is 1. The van der Waals surface area contributed by atoms with Gasteiger partial charge in [-0.3, -0.25) is 9.69 Å². The van der Waals surface area contributed by atoms with Gasteiger partial charge in [-0.1, -0.05) is 24.3 Å². The molecule has 0 saturated carbocycles. The number of nitrogens with zero attached hydrogens (tertiary/aromatic N) is 2. The Bertz CT molecular complexity index is 691. The third-order valence-corrected chi connectivity index (χ3v) is 5.57. The van der Waals surface area contributed by atoms with Crippen molar-refractivity contribution in [3.05, 3.63) is 33.4 Å². The van der Waals surface area contributed by atoms with Crippen LogP contribution in [0.1, 0.15) is 31.7 Å². The minimum absolute atomic E-state index is 0. The molecule has 0 spiro atoms. The van der Waals surface area contributed by atoms with Crippen LogP contribution in [0.5, 0.6) is 0 Å². The molecule has 4 nitrogen and oxygen atoms in total. The molecule has 0 aliphatic carbocycles. The number of piperidine rings is 1. The molecule has 3 rings (SSSR count). The maximum atomic E-state index is 11.8. The van der Waals surface area contributed by atoms with Crippen LogP contribution in [0.4, 0.5) is 0 Å². The van der Waals surface area contributed by atoms with Crippen LogP contribution < -0.4 is 10.2 Å². The summed E-state index contributed by atoms with van der Waals surface area (Å²) in [5, 5.41) is 3.45. The number of hydrogen-bond acceptors (Lipinski definition) is 4. The predicted octanol–water partition coefficient (Wildman–Crippen LogP) is 2.99. The lowest BCUT2D eigenvalue weighted by Gasteiger charge is -2.34. The molecule has 0 unspecified atom stereocenters. The quantitative estimate of drug-likeness (QED) is 0.895. The fourth-order valence-corrected chi connectivity index (χ4v) is 4.30. The Morgan fingerprint density at radius 1 is 1.35 bits per heavy atom. The summed E-state index contributed by atoms with van der Waals surface area (Å²) >= 11 is 1.35. The molecule has 1 fully saturated rings. The minimum atomic E-state index is 0. The van der Waals surface area contributed by atoms with E-state index in [9.17, 15) is 4.79 Å². The maximum Gasteiger partial charge on any atom is 0.307 e. The third kappa shape index (κ3) is 4.15. The second kappa shape index (κ2) is 8.29. The van der Waals surface area contributed by atoms with Crippen LogP contribution in [0.15, 0.2) is 23.0 Å². The van der Waals surface area contributed by atoms with E-state index in [1.165, 1.54) is 36.2 Å². The smallest absolute Gasteiger partial charge is 0.307 e. The van der Waals surface area contributed by atoms with Gasteiger partial charge in [-0.15, -0.1) is 12.4 Å². The number of benzene rings is 1. The standard InChI is InChI=1S/C17H25N3OS.ClH/c1-3-10-20(14-6-8-18-9-7-14)12-13-4-5-15-16(11-13)22-17(21)19(15)2;/h4-5,11,14,18H,3,6-10,12H2,1-2H3;1H. The summed E-state index contributed by atoms with van der Waals surface area (Å²) < 4.78 is 2.84. The summed E-state index contributed by atoms with van der Waals surface area (Å²) in [7, 11) is 1.85. The van der Waals surface area contributed by atoms with Crippen molar-refractivity contribution in [1.29, 1.82) is 0 Å².